The molecule has 0 radical (unpaired) electrons. The van der Waals surface area contributed by atoms with Gasteiger partial charge in [0, 0.05) is 18.8 Å². The van der Waals surface area contributed by atoms with Crippen molar-refractivity contribution in [2.24, 2.45) is 0 Å². The molecule has 1 fully saturated rings. The Hall–Kier alpha value is -1.52. The molecule has 29 heavy (non-hydrogen) atoms. The van der Waals surface area contributed by atoms with Crippen molar-refractivity contribution in [3.8, 4) is 5.75 Å². The lowest BCUT2D eigenvalue weighted by Gasteiger charge is -2.25. The van der Waals surface area contributed by atoms with Gasteiger partial charge in [-0.15, -0.1) is 0 Å². The van der Waals surface area contributed by atoms with Gasteiger partial charge in [0.25, 0.3) is 10.0 Å². The van der Waals surface area contributed by atoms with Crippen molar-refractivity contribution < 1.29 is 21.6 Å². The van der Waals surface area contributed by atoms with Gasteiger partial charge in [0.1, 0.15) is 15.7 Å². The first kappa shape index (κ1) is 22.2. The van der Waals surface area contributed by atoms with Crippen LogP contribution in [0.1, 0.15) is 19.3 Å². The van der Waals surface area contributed by atoms with E-state index in [0.717, 1.165) is 19.3 Å². The van der Waals surface area contributed by atoms with E-state index in [1.165, 1.54) is 47.8 Å². The summed E-state index contributed by atoms with van der Waals surface area (Å²) in [5.74, 6) is 0.253. The number of piperidine rings is 1. The van der Waals surface area contributed by atoms with E-state index < -0.39 is 20.0 Å². The van der Waals surface area contributed by atoms with Gasteiger partial charge in [0.15, 0.2) is 0 Å². The molecule has 11 heteroatoms. The van der Waals surface area contributed by atoms with Gasteiger partial charge >= 0.3 is 0 Å². The summed E-state index contributed by atoms with van der Waals surface area (Å²) in [6.45, 7) is 0.987. The molecule has 7 nitrogen and oxygen atoms in total. The maximum atomic E-state index is 12.7. The lowest BCUT2D eigenvalue weighted by atomic mass is 10.2. The number of nitrogens with zero attached hydrogens (tertiary/aromatic N) is 1. The molecule has 0 saturated carbocycles. The summed E-state index contributed by atoms with van der Waals surface area (Å²) in [4.78, 5) is -0.0946. The second-order valence-corrected chi connectivity index (χ2v) is 10.8. The van der Waals surface area contributed by atoms with E-state index in [1.807, 2.05) is 0 Å². The van der Waals surface area contributed by atoms with Crippen LogP contribution in [0, 0.1) is 0 Å². The maximum Gasteiger partial charge on any atom is 0.263 e. The fourth-order valence-electron chi connectivity index (χ4n) is 3.04. The number of ether oxygens (including phenoxy) is 1. The molecule has 1 N–H and O–H groups in total. The first-order valence-corrected chi connectivity index (χ1v) is 12.5. The number of rotatable bonds is 6. The number of anilines is 1. The number of methoxy groups -OCH3 is 1. The van der Waals surface area contributed by atoms with Crippen molar-refractivity contribution >= 4 is 48.9 Å². The van der Waals surface area contributed by atoms with Crippen LogP contribution in [-0.2, 0) is 20.0 Å². The molecule has 0 aromatic heterocycles. The minimum atomic E-state index is -4.04. The normalized spacial score (nSPS) is 15.8. The Morgan fingerprint density at radius 2 is 1.52 bits per heavy atom. The third kappa shape index (κ3) is 4.64. The highest BCUT2D eigenvalue weighted by Gasteiger charge is 2.26. The topological polar surface area (TPSA) is 92.8 Å². The smallest absolute Gasteiger partial charge is 0.263 e. The largest absolute Gasteiger partial charge is 0.495 e. The third-order valence-electron chi connectivity index (χ3n) is 4.58. The molecule has 1 aliphatic rings. The van der Waals surface area contributed by atoms with E-state index in [-0.39, 0.29) is 31.3 Å². The second kappa shape index (κ2) is 8.69. The van der Waals surface area contributed by atoms with E-state index in [1.54, 1.807) is 0 Å². The standard InChI is InChI=1S/C18H20Cl2N2O5S2/c1-27-15-9-10-16(18(20)17(15)19)28(23,24)21-13-5-7-14(8-6-13)29(25,26)22-11-3-2-4-12-22/h5-10,21H,2-4,11-12H2,1H3. The van der Waals surface area contributed by atoms with Crippen LogP contribution in [0.3, 0.4) is 0 Å². The molecule has 2 aromatic rings. The van der Waals surface area contributed by atoms with Gasteiger partial charge < -0.3 is 4.74 Å². The van der Waals surface area contributed by atoms with E-state index in [0.29, 0.717) is 13.1 Å². The zero-order valence-electron chi connectivity index (χ0n) is 15.6. The van der Waals surface area contributed by atoms with Crippen LogP contribution in [0.4, 0.5) is 5.69 Å². The van der Waals surface area contributed by atoms with Crippen molar-refractivity contribution in [1.82, 2.24) is 4.31 Å². The number of sulfonamides is 2. The molecule has 2 aromatic carbocycles. The van der Waals surface area contributed by atoms with E-state index >= 15 is 0 Å². The molecule has 0 amide bonds. The lowest BCUT2D eigenvalue weighted by molar-refractivity contribution is 0.346. The SMILES string of the molecule is COc1ccc(S(=O)(=O)Nc2ccc(S(=O)(=O)N3CCCCC3)cc2)c(Cl)c1Cl. The van der Waals surface area contributed by atoms with Gasteiger partial charge in [-0.3, -0.25) is 4.72 Å². The third-order valence-corrected chi connectivity index (χ3v) is 8.89. The highest BCUT2D eigenvalue weighted by atomic mass is 35.5. The minimum absolute atomic E-state index is 0.0139. The monoisotopic (exact) mass is 478 g/mol. The summed E-state index contributed by atoms with van der Waals surface area (Å²) in [5.41, 5.74) is 0.200. The van der Waals surface area contributed by atoms with E-state index in [4.69, 9.17) is 27.9 Å². The maximum absolute atomic E-state index is 12.7. The quantitative estimate of drug-likeness (QED) is 0.677. The summed E-state index contributed by atoms with van der Waals surface area (Å²) in [6, 6.07) is 8.23. The summed E-state index contributed by atoms with van der Waals surface area (Å²) < 4.78 is 59.6. The number of benzene rings is 2. The molecule has 0 atom stereocenters. The predicted molar refractivity (Wildman–Crippen MR) is 113 cm³/mol. The molecule has 1 heterocycles. The van der Waals surface area contributed by atoms with Crippen molar-refractivity contribution in [1.29, 1.82) is 0 Å². The average Bonchev–Trinajstić information content (AvgIpc) is 2.70. The zero-order valence-corrected chi connectivity index (χ0v) is 18.7. The Balaban J connectivity index is 1.83. The van der Waals surface area contributed by atoms with Crippen LogP contribution in [0.5, 0.6) is 5.75 Å². The summed E-state index contributed by atoms with van der Waals surface area (Å²) >= 11 is 12.1. The molecule has 1 aliphatic heterocycles. The Kier molecular flexibility index (Phi) is 6.64. The molecule has 0 bridgehead atoms. The van der Waals surface area contributed by atoms with Crippen molar-refractivity contribution in [2.45, 2.75) is 29.1 Å². The second-order valence-electron chi connectivity index (χ2n) is 6.49. The van der Waals surface area contributed by atoms with Crippen molar-refractivity contribution in [2.75, 3.05) is 24.9 Å². The van der Waals surface area contributed by atoms with Gasteiger partial charge in [-0.2, -0.15) is 4.31 Å². The van der Waals surface area contributed by atoms with E-state index in [9.17, 15) is 16.8 Å². The molecule has 0 unspecified atom stereocenters. The Bertz CT molecular complexity index is 1100. The van der Waals surface area contributed by atoms with Crippen LogP contribution in [0.25, 0.3) is 0 Å². The highest BCUT2D eigenvalue weighted by molar-refractivity contribution is 7.92. The molecular weight excluding hydrogens is 459 g/mol. The molecule has 158 valence electrons. The van der Waals surface area contributed by atoms with Crippen LogP contribution < -0.4 is 9.46 Å². The minimum Gasteiger partial charge on any atom is -0.495 e. The van der Waals surface area contributed by atoms with Gasteiger partial charge in [-0.05, 0) is 49.2 Å². The molecule has 1 saturated heterocycles. The van der Waals surface area contributed by atoms with Crippen molar-refractivity contribution in [3.63, 3.8) is 0 Å². The number of hydrogen-bond donors (Lipinski definition) is 1. The van der Waals surface area contributed by atoms with Gasteiger partial charge in [0.2, 0.25) is 10.0 Å². The summed E-state index contributed by atoms with van der Waals surface area (Å²) in [6.07, 6.45) is 2.69. The summed E-state index contributed by atoms with van der Waals surface area (Å²) in [7, 11) is -6.24. The van der Waals surface area contributed by atoms with Gasteiger partial charge in [-0.25, -0.2) is 16.8 Å². The molecule has 0 aliphatic carbocycles. The Morgan fingerprint density at radius 3 is 2.10 bits per heavy atom. The number of nitrogens with one attached hydrogen (secondary N) is 1. The first-order valence-electron chi connectivity index (χ1n) is 8.82. The summed E-state index contributed by atoms with van der Waals surface area (Å²) in [5, 5.41) is -0.178. The molecular formula is C18H20Cl2N2O5S2. The lowest BCUT2D eigenvalue weighted by Crippen LogP contribution is -2.35. The van der Waals surface area contributed by atoms with Crippen LogP contribution in [0.2, 0.25) is 10.0 Å². The predicted octanol–water partition coefficient (Wildman–Crippen LogP) is 3.98. The zero-order chi connectivity index (χ0) is 21.2. The van der Waals surface area contributed by atoms with E-state index in [2.05, 4.69) is 4.72 Å². The first-order chi connectivity index (χ1) is 13.7. The molecule has 0 spiro atoms. The van der Waals surface area contributed by atoms with Gasteiger partial charge in [0.05, 0.1) is 17.0 Å². The van der Waals surface area contributed by atoms with Crippen LogP contribution in [-0.4, -0.2) is 41.3 Å². The highest BCUT2D eigenvalue weighted by Crippen LogP contribution is 2.37. The Labute approximate surface area is 180 Å². The average molecular weight is 479 g/mol. The number of halogens is 2. The Morgan fingerprint density at radius 1 is 0.897 bits per heavy atom. The fraction of sp³-hybridized carbons (Fsp3) is 0.333. The van der Waals surface area contributed by atoms with Crippen LogP contribution in [0.15, 0.2) is 46.2 Å². The fourth-order valence-corrected chi connectivity index (χ4v) is 6.46. The van der Waals surface area contributed by atoms with Crippen LogP contribution >= 0.6 is 23.2 Å². The van der Waals surface area contributed by atoms with Crippen molar-refractivity contribution in [3.05, 3.63) is 46.4 Å². The van der Waals surface area contributed by atoms with Gasteiger partial charge in [-0.1, -0.05) is 29.6 Å². The molecule has 3 rings (SSSR count). The number of hydrogen-bond acceptors (Lipinski definition) is 5.